The van der Waals surface area contributed by atoms with Crippen molar-refractivity contribution in [3.8, 4) is 0 Å². The monoisotopic (exact) mass is 468 g/mol. The predicted octanol–water partition coefficient (Wildman–Crippen LogP) is 3.37. The minimum Gasteiger partial charge on any atom is -0.467 e. The molecule has 5 nitrogen and oxygen atoms in total. The fourth-order valence-corrected chi connectivity index (χ4v) is 4.02. The van der Waals surface area contributed by atoms with E-state index < -0.39 is 35.3 Å². The highest BCUT2D eigenvalue weighted by Gasteiger charge is 2.50. The summed E-state index contributed by atoms with van der Waals surface area (Å²) in [7, 11) is 1.11. The van der Waals surface area contributed by atoms with Crippen LogP contribution in [0.5, 0.6) is 0 Å². The number of halogens is 5. The van der Waals surface area contributed by atoms with E-state index >= 15 is 0 Å². The Morgan fingerprint density at radius 1 is 1.32 bits per heavy atom. The molecule has 0 bridgehead atoms. The molecule has 3 N–H and O–H groups in total. The first kappa shape index (κ1) is 22.6. The second-order valence-electron chi connectivity index (χ2n) is 6.84. The van der Waals surface area contributed by atoms with Crippen LogP contribution in [-0.4, -0.2) is 30.7 Å². The normalized spacial score (nSPS) is 22.6. The molecule has 0 radical (unpaired) electrons. The molecule has 156 valence electrons. The van der Waals surface area contributed by atoms with Crippen molar-refractivity contribution >= 4 is 27.8 Å². The van der Waals surface area contributed by atoms with Gasteiger partial charge in [0.1, 0.15) is 11.4 Å². The highest BCUT2D eigenvalue weighted by molar-refractivity contribution is 9.10. The van der Waals surface area contributed by atoms with Crippen LogP contribution in [0.25, 0.3) is 0 Å². The Balaban J connectivity index is 2.18. The summed E-state index contributed by atoms with van der Waals surface area (Å²) in [5.41, 5.74) is 4.51. The lowest BCUT2D eigenvalue weighted by Gasteiger charge is -2.38. The fourth-order valence-electron chi connectivity index (χ4n) is 3.54. The number of nitrogens with one attached hydrogen (secondary N) is 1. The van der Waals surface area contributed by atoms with Gasteiger partial charge in [0.2, 0.25) is 5.91 Å². The molecule has 1 aliphatic rings. The van der Waals surface area contributed by atoms with E-state index in [0.29, 0.717) is 10.0 Å². The summed E-state index contributed by atoms with van der Waals surface area (Å²) in [5, 5.41) is 2.53. The van der Waals surface area contributed by atoms with Crippen LogP contribution >= 0.6 is 15.9 Å². The number of benzene rings is 1. The van der Waals surface area contributed by atoms with Gasteiger partial charge in [0.25, 0.3) is 0 Å². The Labute approximate surface area is 168 Å². The van der Waals surface area contributed by atoms with Gasteiger partial charge >= 0.3 is 12.1 Å². The highest BCUT2D eigenvalue weighted by Crippen LogP contribution is 2.41. The second-order valence-corrected chi connectivity index (χ2v) is 7.76. The molecule has 0 unspecified atom stereocenters. The number of carbonyl (C=O) groups is 2. The molecule has 0 atom stereocenters. The van der Waals surface area contributed by atoms with Gasteiger partial charge in [-0.2, -0.15) is 13.2 Å². The first-order chi connectivity index (χ1) is 13.0. The molecule has 1 aromatic rings. The van der Waals surface area contributed by atoms with Crippen molar-refractivity contribution in [1.29, 1.82) is 0 Å². The average Bonchev–Trinajstić information content (AvgIpc) is 2.60. The lowest BCUT2D eigenvalue weighted by atomic mass is 9.76. The van der Waals surface area contributed by atoms with E-state index in [9.17, 15) is 27.2 Å². The Morgan fingerprint density at radius 2 is 1.93 bits per heavy atom. The van der Waals surface area contributed by atoms with Crippen molar-refractivity contribution in [1.82, 2.24) is 5.32 Å². The first-order valence-corrected chi connectivity index (χ1v) is 9.44. The molecule has 0 saturated heterocycles. The van der Waals surface area contributed by atoms with Crippen LogP contribution < -0.4 is 11.1 Å². The number of amides is 1. The number of esters is 1. The van der Waals surface area contributed by atoms with E-state index in [1.807, 2.05) is 0 Å². The van der Waals surface area contributed by atoms with Gasteiger partial charge in [-0.3, -0.25) is 4.79 Å². The van der Waals surface area contributed by atoms with Crippen LogP contribution in [0.1, 0.15) is 36.8 Å². The molecule has 0 aromatic heterocycles. The van der Waals surface area contributed by atoms with Crippen molar-refractivity contribution in [2.45, 2.75) is 50.4 Å². The molecule has 0 spiro atoms. The zero-order valence-corrected chi connectivity index (χ0v) is 16.8. The number of rotatable bonds is 5. The lowest BCUT2D eigenvalue weighted by Crippen LogP contribution is -2.58. The van der Waals surface area contributed by atoms with Gasteiger partial charge in [-0.25, -0.2) is 9.18 Å². The topological polar surface area (TPSA) is 81.4 Å². The number of methoxy groups -OCH3 is 1. The summed E-state index contributed by atoms with van der Waals surface area (Å²) < 4.78 is 57.9. The summed E-state index contributed by atoms with van der Waals surface area (Å²) in [6.07, 6.45) is -5.59. The summed E-state index contributed by atoms with van der Waals surface area (Å²) >= 11 is 3.14. The number of alkyl halides is 3. The van der Waals surface area contributed by atoms with Crippen LogP contribution in [0, 0.1) is 11.7 Å². The number of carbonyl (C=O) groups excluding carboxylic acids is 2. The van der Waals surface area contributed by atoms with E-state index in [2.05, 4.69) is 21.2 Å². The van der Waals surface area contributed by atoms with Gasteiger partial charge in [-0.1, -0.05) is 15.9 Å². The SMILES string of the molecule is COC(=O)C1(NC(=O)Cc2cc(Br)cc(F)c2CN)CCC(C(F)(F)F)CC1. The first-order valence-electron chi connectivity index (χ1n) is 8.65. The van der Waals surface area contributed by atoms with Crippen LogP contribution in [0.15, 0.2) is 16.6 Å². The number of ether oxygens (including phenoxy) is 1. The van der Waals surface area contributed by atoms with Gasteiger partial charge in [-0.15, -0.1) is 0 Å². The standard InChI is InChI=1S/C18H21BrF4N2O3/c1-28-16(27)17(4-2-11(3-5-17)18(21,22)23)25-15(26)7-10-6-12(19)8-14(20)13(10)9-24/h6,8,11H,2-5,7,9,24H2,1H3,(H,25,26). The van der Waals surface area contributed by atoms with E-state index in [1.165, 1.54) is 12.1 Å². The summed E-state index contributed by atoms with van der Waals surface area (Å²) in [6.45, 7) is -0.128. The van der Waals surface area contributed by atoms with E-state index in [1.54, 1.807) is 0 Å². The summed E-state index contributed by atoms with van der Waals surface area (Å²) in [5.74, 6) is -3.51. The van der Waals surface area contributed by atoms with Crippen molar-refractivity contribution in [2.75, 3.05) is 7.11 Å². The molecule has 10 heteroatoms. The Hall–Kier alpha value is -1.68. The molecule has 1 aromatic carbocycles. The number of hydrogen-bond donors (Lipinski definition) is 2. The quantitative estimate of drug-likeness (QED) is 0.512. The average molecular weight is 469 g/mol. The number of hydrogen-bond acceptors (Lipinski definition) is 4. The van der Waals surface area contributed by atoms with E-state index in [-0.39, 0.29) is 44.2 Å². The second kappa shape index (κ2) is 8.77. The molecular weight excluding hydrogens is 448 g/mol. The van der Waals surface area contributed by atoms with Gasteiger partial charge < -0.3 is 15.8 Å². The van der Waals surface area contributed by atoms with Gasteiger partial charge in [0, 0.05) is 16.6 Å². The Bertz CT molecular complexity index is 747. The lowest BCUT2D eigenvalue weighted by molar-refractivity contribution is -0.188. The number of nitrogens with two attached hydrogens (primary N) is 1. The van der Waals surface area contributed by atoms with E-state index in [4.69, 9.17) is 10.5 Å². The maximum atomic E-state index is 14.0. The van der Waals surface area contributed by atoms with E-state index in [0.717, 1.165) is 7.11 Å². The molecule has 0 aliphatic heterocycles. The third-order valence-electron chi connectivity index (χ3n) is 5.06. The Morgan fingerprint density at radius 3 is 2.43 bits per heavy atom. The minimum atomic E-state index is -4.35. The zero-order valence-electron chi connectivity index (χ0n) is 15.2. The molecule has 1 aliphatic carbocycles. The third-order valence-corrected chi connectivity index (χ3v) is 5.52. The molecule has 1 fully saturated rings. The van der Waals surface area contributed by atoms with Crippen LogP contribution in [-0.2, 0) is 27.3 Å². The van der Waals surface area contributed by atoms with Crippen molar-refractivity contribution in [2.24, 2.45) is 11.7 Å². The molecule has 2 rings (SSSR count). The zero-order chi connectivity index (χ0) is 21.1. The third kappa shape index (κ3) is 5.02. The fraction of sp³-hybridized carbons (Fsp3) is 0.556. The molecule has 0 heterocycles. The van der Waals surface area contributed by atoms with Crippen molar-refractivity contribution < 1.29 is 31.9 Å². The maximum absolute atomic E-state index is 14.0. The van der Waals surface area contributed by atoms with Crippen LogP contribution in [0.3, 0.4) is 0 Å². The summed E-state index contributed by atoms with van der Waals surface area (Å²) in [6, 6.07) is 2.76. The molecule has 1 saturated carbocycles. The maximum Gasteiger partial charge on any atom is 0.391 e. The highest BCUT2D eigenvalue weighted by atomic mass is 79.9. The Kier molecular flexibility index (Phi) is 7.08. The van der Waals surface area contributed by atoms with Gasteiger partial charge in [0.15, 0.2) is 0 Å². The molecule has 1 amide bonds. The smallest absolute Gasteiger partial charge is 0.391 e. The van der Waals surface area contributed by atoms with Crippen molar-refractivity contribution in [3.05, 3.63) is 33.5 Å². The van der Waals surface area contributed by atoms with Crippen LogP contribution in [0.4, 0.5) is 17.6 Å². The summed E-state index contributed by atoms with van der Waals surface area (Å²) in [4.78, 5) is 24.8. The van der Waals surface area contributed by atoms with Crippen molar-refractivity contribution in [3.63, 3.8) is 0 Å². The van der Waals surface area contributed by atoms with Gasteiger partial charge in [-0.05, 0) is 43.4 Å². The van der Waals surface area contributed by atoms with Gasteiger partial charge in [0.05, 0.1) is 19.4 Å². The molecule has 28 heavy (non-hydrogen) atoms. The van der Waals surface area contributed by atoms with Crippen LogP contribution in [0.2, 0.25) is 0 Å². The molecular formula is C18H21BrF4N2O3. The largest absolute Gasteiger partial charge is 0.467 e. The minimum absolute atomic E-state index is 0.128. The predicted molar refractivity (Wildman–Crippen MR) is 96.6 cm³/mol.